The van der Waals surface area contributed by atoms with E-state index in [1.165, 1.54) is 12.3 Å². The van der Waals surface area contributed by atoms with Gasteiger partial charge in [0, 0.05) is 37.3 Å². The van der Waals surface area contributed by atoms with Gasteiger partial charge in [-0.1, -0.05) is 45.0 Å². The molecule has 0 amide bonds. The van der Waals surface area contributed by atoms with Crippen LogP contribution in [0.15, 0.2) is 42.7 Å². The summed E-state index contributed by atoms with van der Waals surface area (Å²) in [5, 5.41) is 14.0. The normalized spacial score (nSPS) is 11.1. The number of aryl methyl sites for hydroxylation is 1. The van der Waals surface area contributed by atoms with Crippen molar-refractivity contribution >= 4 is 5.97 Å². The summed E-state index contributed by atoms with van der Waals surface area (Å²) in [6.45, 7) is 7.33. The highest BCUT2D eigenvalue weighted by Gasteiger charge is 2.13. The Balaban J connectivity index is 1.83. The van der Waals surface area contributed by atoms with E-state index in [2.05, 4.69) is 30.9 Å². The average molecular weight is 378 g/mol. The third-order valence-corrected chi connectivity index (χ3v) is 4.50. The molecule has 0 spiro atoms. The molecular weight excluding hydrogens is 352 g/mol. The molecule has 0 aliphatic carbocycles. The van der Waals surface area contributed by atoms with Crippen LogP contribution in [0.3, 0.4) is 0 Å². The number of carboxylic acids is 1. The standard InChI is InChI=1S/C22H26N4O2/c1-4-11-26-21(24-20(25-26)12-15(2)3)13-16-5-7-17(8-6-16)19-14-23-10-9-18(19)22(27)28/h5-10,14-15H,4,11-13H2,1-3H3,(H,27,28). The first-order chi connectivity index (χ1) is 13.5. The molecule has 28 heavy (non-hydrogen) atoms. The molecular formula is C22H26N4O2. The minimum Gasteiger partial charge on any atom is -0.478 e. The van der Waals surface area contributed by atoms with Crippen LogP contribution in [0.2, 0.25) is 0 Å². The molecule has 0 fully saturated rings. The van der Waals surface area contributed by atoms with Crippen LogP contribution in [0.4, 0.5) is 0 Å². The van der Waals surface area contributed by atoms with Crippen LogP contribution < -0.4 is 0 Å². The van der Waals surface area contributed by atoms with Crippen LogP contribution in [0, 0.1) is 5.92 Å². The second kappa shape index (κ2) is 8.78. The van der Waals surface area contributed by atoms with E-state index in [0.29, 0.717) is 17.9 Å². The largest absolute Gasteiger partial charge is 0.478 e. The number of hydrogen-bond acceptors (Lipinski definition) is 4. The van der Waals surface area contributed by atoms with E-state index in [1.54, 1.807) is 6.20 Å². The number of aromatic nitrogens is 4. The zero-order valence-electron chi connectivity index (χ0n) is 16.6. The zero-order valence-corrected chi connectivity index (χ0v) is 16.6. The first kappa shape index (κ1) is 19.7. The van der Waals surface area contributed by atoms with Gasteiger partial charge in [0.2, 0.25) is 0 Å². The van der Waals surface area contributed by atoms with Crippen molar-refractivity contribution in [2.45, 2.75) is 46.6 Å². The van der Waals surface area contributed by atoms with Crippen LogP contribution in [0.1, 0.15) is 54.8 Å². The van der Waals surface area contributed by atoms with Crippen molar-refractivity contribution in [3.63, 3.8) is 0 Å². The second-order valence-electron chi connectivity index (χ2n) is 7.37. The molecule has 6 nitrogen and oxygen atoms in total. The van der Waals surface area contributed by atoms with Gasteiger partial charge in [-0.05, 0) is 29.5 Å². The van der Waals surface area contributed by atoms with Crippen molar-refractivity contribution in [3.05, 3.63) is 65.5 Å². The van der Waals surface area contributed by atoms with E-state index in [0.717, 1.165) is 42.2 Å². The third-order valence-electron chi connectivity index (χ3n) is 4.50. The van der Waals surface area contributed by atoms with Crippen LogP contribution >= 0.6 is 0 Å². The van der Waals surface area contributed by atoms with Gasteiger partial charge in [0.1, 0.15) is 5.82 Å². The van der Waals surface area contributed by atoms with Crippen LogP contribution in [-0.4, -0.2) is 30.8 Å². The zero-order chi connectivity index (χ0) is 20.1. The molecule has 0 aliphatic heterocycles. The van der Waals surface area contributed by atoms with E-state index in [-0.39, 0.29) is 5.56 Å². The molecule has 0 aliphatic rings. The predicted octanol–water partition coefficient (Wildman–Crippen LogP) is 4.24. The number of carboxylic acid groups (broad SMARTS) is 1. The van der Waals surface area contributed by atoms with Gasteiger partial charge in [0.15, 0.2) is 5.82 Å². The summed E-state index contributed by atoms with van der Waals surface area (Å²) in [4.78, 5) is 20.2. The van der Waals surface area contributed by atoms with E-state index in [4.69, 9.17) is 4.98 Å². The highest BCUT2D eigenvalue weighted by molar-refractivity contribution is 5.95. The molecule has 146 valence electrons. The summed E-state index contributed by atoms with van der Waals surface area (Å²) in [5.74, 6) is 1.44. The van der Waals surface area contributed by atoms with Gasteiger partial charge >= 0.3 is 5.97 Å². The van der Waals surface area contributed by atoms with Gasteiger partial charge in [-0.3, -0.25) is 4.98 Å². The van der Waals surface area contributed by atoms with Crippen molar-refractivity contribution < 1.29 is 9.90 Å². The molecule has 0 bridgehead atoms. The summed E-state index contributed by atoms with van der Waals surface area (Å²) in [7, 11) is 0. The fourth-order valence-corrected chi connectivity index (χ4v) is 3.20. The number of nitrogens with zero attached hydrogens (tertiary/aromatic N) is 4. The first-order valence-corrected chi connectivity index (χ1v) is 9.67. The molecule has 0 unspecified atom stereocenters. The van der Waals surface area contributed by atoms with Crippen molar-refractivity contribution in [2.75, 3.05) is 0 Å². The lowest BCUT2D eigenvalue weighted by atomic mass is 10.00. The number of rotatable bonds is 8. The molecule has 0 radical (unpaired) electrons. The number of pyridine rings is 1. The molecule has 0 saturated heterocycles. The van der Waals surface area contributed by atoms with Crippen LogP contribution in [0.25, 0.3) is 11.1 Å². The van der Waals surface area contributed by atoms with Gasteiger partial charge in [-0.15, -0.1) is 0 Å². The lowest BCUT2D eigenvalue weighted by Crippen LogP contribution is -2.06. The summed E-state index contributed by atoms with van der Waals surface area (Å²) >= 11 is 0. The van der Waals surface area contributed by atoms with Gasteiger partial charge in [-0.25, -0.2) is 14.5 Å². The predicted molar refractivity (Wildman–Crippen MR) is 108 cm³/mol. The molecule has 3 aromatic rings. The van der Waals surface area contributed by atoms with Crippen molar-refractivity contribution in [1.29, 1.82) is 0 Å². The third kappa shape index (κ3) is 4.63. The Kier molecular flexibility index (Phi) is 6.19. The number of benzene rings is 1. The molecule has 2 heterocycles. The number of carbonyl (C=O) groups is 1. The minimum absolute atomic E-state index is 0.253. The average Bonchev–Trinajstić information content (AvgIpc) is 3.03. The maximum Gasteiger partial charge on any atom is 0.336 e. The van der Waals surface area contributed by atoms with E-state index in [9.17, 15) is 9.90 Å². The molecule has 1 N–H and O–H groups in total. The fraction of sp³-hybridized carbons (Fsp3) is 0.364. The van der Waals surface area contributed by atoms with Gasteiger partial charge < -0.3 is 5.11 Å². The quantitative estimate of drug-likeness (QED) is 0.634. The first-order valence-electron chi connectivity index (χ1n) is 9.67. The minimum atomic E-state index is -0.952. The van der Waals surface area contributed by atoms with Gasteiger partial charge in [0.05, 0.1) is 5.56 Å². The lowest BCUT2D eigenvalue weighted by molar-refractivity contribution is 0.0697. The Morgan fingerprint density at radius 3 is 2.57 bits per heavy atom. The van der Waals surface area contributed by atoms with E-state index < -0.39 is 5.97 Å². The van der Waals surface area contributed by atoms with E-state index >= 15 is 0 Å². The molecule has 6 heteroatoms. The van der Waals surface area contributed by atoms with Crippen molar-refractivity contribution in [2.24, 2.45) is 5.92 Å². The molecule has 3 rings (SSSR count). The topological polar surface area (TPSA) is 80.9 Å². The lowest BCUT2D eigenvalue weighted by Gasteiger charge is -2.08. The SMILES string of the molecule is CCCn1nc(CC(C)C)nc1Cc1ccc(-c2cnccc2C(=O)O)cc1. The summed E-state index contributed by atoms with van der Waals surface area (Å²) in [6.07, 6.45) is 5.67. The monoisotopic (exact) mass is 378 g/mol. The van der Waals surface area contributed by atoms with Crippen molar-refractivity contribution in [1.82, 2.24) is 19.7 Å². The smallest absolute Gasteiger partial charge is 0.336 e. The summed E-state index contributed by atoms with van der Waals surface area (Å²) in [5.41, 5.74) is 2.83. The molecule has 2 aromatic heterocycles. The van der Waals surface area contributed by atoms with Crippen molar-refractivity contribution in [3.8, 4) is 11.1 Å². The van der Waals surface area contributed by atoms with Gasteiger partial charge in [-0.2, -0.15) is 5.10 Å². The highest BCUT2D eigenvalue weighted by Crippen LogP contribution is 2.24. The number of hydrogen-bond donors (Lipinski definition) is 1. The maximum atomic E-state index is 11.4. The van der Waals surface area contributed by atoms with Crippen LogP contribution in [-0.2, 0) is 19.4 Å². The molecule has 1 aromatic carbocycles. The van der Waals surface area contributed by atoms with Gasteiger partial charge in [0.25, 0.3) is 0 Å². The molecule has 0 saturated carbocycles. The summed E-state index contributed by atoms with van der Waals surface area (Å²) < 4.78 is 2.01. The van der Waals surface area contributed by atoms with Crippen LogP contribution in [0.5, 0.6) is 0 Å². The van der Waals surface area contributed by atoms with E-state index in [1.807, 2.05) is 28.9 Å². The Hall–Kier alpha value is -3.02. The fourth-order valence-electron chi connectivity index (χ4n) is 3.20. The Bertz CT molecular complexity index is 945. The number of aromatic carboxylic acids is 1. The Labute approximate surface area is 165 Å². The Morgan fingerprint density at radius 1 is 1.18 bits per heavy atom. The molecule has 0 atom stereocenters. The Morgan fingerprint density at radius 2 is 1.93 bits per heavy atom. The second-order valence-corrected chi connectivity index (χ2v) is 7.37. The maximum absolute atomic E-state index is 11.4. The summed E-state index contributed by atoms with van der Waals surface area (Å²) in [6, 6.07) is 9.43. The highest BCUT2D eigenvalue weighted by atomic mass is 16.4.